The molecule has 3 aliphatic rings. The molecule has 4 heterocycles. The number of halogens is 9. The minimum Gasteiger partial charge on any atom is -0.463 e. The number of nitrogens with two attached hydrogens (primary N) is 1. The molecule has 3 atom stereocenters. The first-order valence-electron chi connectivity index (χ1n) is 14.2. The molecule has 3 fully saturated rings. The molecule has 0 saturated carbocycles. The van der Waals surface area contributed by atoms with Crippen molar-refractivity contribution in [2.24, 2.45) is 5.41 Å². The van der Waals surface area contributed by atoms with E-state index in [4.69, 9.17) is 22.1 Å². The number of ether oxygens (including phenoxy) is 1. The summed E-state index contributed by atoms with van der Waals surface area (Å²) < 4.78 is 125. The Bertz CT molecular complexity index is 1660. The van der Waals surface area contributed by atoms with Gasteiger partial charge >= 0.3 is 12.2 Å². The second kappa shape index (κ2) is 11.0. The molecule has 0 aliphatic carbocycles. The molecule has 3 saturated heterocycles. The van der Waals surface area contributed by atoms with Crippen LogP contribution in [0.1, 0.15) is 31.7 Å². The van der Waals surface area contributed by atoms with Gasteiger partial charge in [-0.3, -0.25) is 0 Å². The number of aromatic nitrogens is 2. The third-order valence-electron chi connectivity index (χ3n) is 8.97. The van der Waals surface area contributed by atoms with Crippen LogP contribution in [0.15, 0.2) is 12.1 Å². The Hall–Kier alpha value is -3.17. The number of nitrogen functional groups attached to an aromatic ring is 1. The van der Waals surface area contributed by atoms with E-state index in [9.17, 15) is 13.2 Å². The summed E-state index contributed by atoms with van der Waals surface area (Å²) in [5, 5.41) is 2.12. The normalized spacial score (nSPS) is 25.3. The zero-order chi connectivity index (χ0) is 32.6. The van der Waals surface area contributed by atoms with Crippen LogP contribution < -0.4 is 20.7 Å². The van der Waals surface area contributed by atoms with Crippen molar-refractivity contribution >= 4 is 34.0 Å². The van der Waals surface area contributed by atoms with Crippen LogP contribution in [-0.2, 0) is 6.18 Å². The molecule has 3 N–H and O–H groups in total. The molecule has 2 bridgehead atoms. The number of benzene rings is 2. The summed E-state index contributed by atoms with van der Waals surface area (Å²) in [6.45, 7) is 1.60. The summed E-state index contributed by atoms with van der Waals surface area (Å²) in [6.07, 6.45) is -4.09. The fourth-order valence-corrected chi connectivity index (χ4v) is 6.94. The van der Waals surface area contributed by atoms with E-state index in [1.165, 1.54) is 6.92 Å². The number of piperidine rings is 1. The van der Waals surface area contributed by atoms with Crippen molar-refractivity contribution in [3.8, 4) is 17.1 Å². The van der Waals surface area contributed by atoms with Crippen molar-refractivity contribution in [1.82, 2.24) is 20.2 Å². The average Bonchev–Trinajstić information content (AvgIpc) is 3.28. The van der Waals surface area contributed by atoms with Crippen molar-refractivity contribution in [3.63, 3.8) is 0 Å². The van der Waals surface area contributed by atoms with Crippen LogP contribution in [0.2, 0.25) is 5.02 Å². The number of nitrogens with one attached hydrogen (secondary N) is 1. The lowest BCUT2D eigenvalue weighted by Gasteiger charge is -2.44. The molecule has 0 radical (unpaired) electrons. The van der Waals surface area contributed by atoms with Gasteiger partial charge in [-0.1, -0.05) is 11.6 Å². The molecule has 45 heavy (non-hydrogen) atoms. The molecule has 0 amide bonds. The van der Waals surface area contributed by atoms with Crippen molar-refractivity contribution in [2.75, 3.05) is 50.5 Å². The fraction of sp³-hybridized carbons (Fsp3) is 0.517. The van der Waals surface area contributed by atoms with E-state index in [2.05, 4.69) is 15.3 Å². The van der Waals surface area contributed by atoms with E-state index in [0.29, 0.717) is 19.2 Å². The van der Waals surface area contributed by atoms with Gasteiger partial charge in [0.15, 0.2) is 11.6 Å². The summed E-state index contributed by atoms with van der Waals surface area (Å²) >= 11 is 5.78. The lowest BCUT2D eigenvalue weighted by molar-refractivity contribution is -0.169. The Morgan fingerprint density at radius 2 is 1.73 bits per heavy atom. The maximum atomic E-state index is 16.4. The summed E-state index contributed by atoms with van der Waals surface area (Å²) in [4.78, 5) is 11.8. The first-order chi connectivity index (χ1) is 21.0. The van der Waals surface area contributed by atoms with Crippen LogP contribution in [0.5, 0.6) is 6.01 Å². The molecular formula is C29H29ClF8N6O. The number of rotatable bonds is 5. The van der Waals surface area contributed by atoms with Crippen molar-refractivity contribution in [1.29, 1.82) is 0 Å². The highest BCUT2D eigenvalue weighted by Gasteiger charge is 2.54. The van der Waals surface area contributed by atoms with E-state index in [-0.39, 0.29) is 36.4 Å². The van der Waals surface area contributed by atoms with E-state index < -0.39 is 86.9 Å². The third-order valence-corrected chi connectivity index (χ3v) is 9.26. The molecule has 0 spiro atoms. The predicted molar refractivity (Wildman–Crippen MR) is 152 cm³/mol. The molecule has 16 heteroatoms. The van der Waals surface area contributed by atoms with Gasteiger partial charge in [-0.2, -0.15) is 23.1 Å². The van der Waals surface area contributed by atoms with Gasteiger partial charge in [0.25, 0.3) is 5.92 Å². The van der Waals surface area contributed by atoms with E-state index in [0.717, 1.165) is 18.9 Å². The molecule has 7 nitrogen and oxygen atoms in total. The number of nitrogens with zero attached hydrogens (tertiary/aromatic N) is 4. The first kappa shape index (κ1) is 31.8. The predicted octanol–water partition coefficient (Wildman–Crippen LogP) is 6.27. The number of likely N-dealkylation sites (tertiary alicyclic amines) is 1. The minimum atomic E-state index is -5.33. The Labute approximate surface area is 257 Å². The number of anilines is 2. The van der Waals surface area contributed by atoms with Crippen LogP contribution >= 0.6 is 11.6 Å². The van der Waals surface area contributed by atoms with Crippen LogP contribution in [0.3, 0.4) is 0 Å². The zero-order valence-corrected chi connectivity index (χ0v) is 24.9. The molecule has 6 rings (SSSR count). The second-order valence-electron chi connectivity index (χ2n) is 12.4. The summed E-state index contributed by atoms with van der Waals surface area (Å²) in [6, 6.07) is 0.733. The monoisotopic (exact) mass is 664 g/mol. The lowest BCUT2D eigenvalue weighted by Crippen LogP contribution is -2.55. The van der Waals surface area contributed by atoms with Crippen LogP contribution in [0.25, 0.3) is 22.0 Å². The third kappa shape index (κ3) is 5.50. The number of alkyl halides is 5. The summed E-state index contributed by atoms with van der Waals surface area (Å²) in [7, 11) is 1.68. The van der Waals surface area contributed by atoms with Gasteiger partial charge in [-0.25, -0.2) is 22.0 Å². The molecule has 1 aromatic heterocycles. The highest BCUT2D eigenvalue weighted by Crippen LogP contribution is 2.48. The fourth-order valence-electron chi connectivity index (χ4n) is 6.62. The highest BCUT2D eigenvalue weighted by molar-refractivity contribution is 6.32. The molecular weight excluding hydrogens is 636 g/mol. The average molecular weight is 665 g/mol. The minimum absolute atomic E-state index is 0.00227. The van der Waals surface area contributed by atoms with Gasteiger partial charge in [0.2, 0.25) is 0 Å². The van der Waals surface area contributed by atoms with E-state index >= 15 is 22.0 Å². The summed E-state index contributed by atoms with van der Waals surface area (Å²) in [5.74, 6) is -8.06. The standard InChI is InChI=1S/C29H29ClF8N6O/c1-27(11-43(2)6-5-28(27,34)35)12-45-26-41-24-15(25(42-26)44-9-13-3-4-14(10-44)40-13)7-17(31)19(23(24)33)20-21(29(36,37)38)16(30)8-18(39)22(20)32/h7-8,13-14,40H,3-6,9-12,39H2,1-2H3/t13-,14+,27-/m0/s1. The second-order valence-corrected chi connectivity index (χ2v) is 12.8. The van der Waals surface area contributed by atoms with E-state index in [1.54, 1.807) is 16.8 Å². The highest BCUT2D eigenvalue weighted by atomic mass is 35.5. The van der Waals surface area contributed by atoms with Gasteiger partial charge in [0, 0.05) is 55.6 Å². The molecule has 2 aromatic carbocycles. The van der Waals surface area contributed by atoms with Gasteiger partial charge in [0.1, 0.15) is 23.8 Å². The topological polar surface area (TPSA) is 79.5 Å². The Morgan fingerprint density at radius 1 is 1.07 bits per heavy atom. The number of piperazine rings is 1. The first-order valence-corrected chi connectivity index (χ1v) is 14.6. The van der Waals surface area contributed by atoms with Crippen LogP contribution in [-0.4, -0.2) is 72.7 Å². The Balaban J connectivity index is 1.54. The van der Waals surface area contributed by atoms with Gasteiger partial charge in [-0.05, 0) is 38.9 Å². The largest absolute Gasteiger partial charge is 0.463 e. The Kier molecular flexibility index (Phi) is 7.75. The Morgan fingerprint density at radius 3 is 2.38 bits per heavy atom. The van der Waals surface area contributed by atoms with Crippen LogP contribution in [0, 0.1) is 22.9 Å². The smallest absolute Gasteiger partial charge is 0.418 e. The van der Waals surface area contributed by atoms with Crippen LogP contribution in [0.4, 0.5) is 46.6 Å². The van der Waals surface area contributed by atoms with Crippen molar-refractivity contribution in [3.05, 3.63) is 40.2 Å². The number of fused-ring (bicyclic) bond motifs is 3. The molecule has 0 unspecified atom stereocenters. The van der Waals surface area contributed by atoms with Gasteiger partial charge in [0.05, 0.1) is 27.3 Å². The van der Waals surface area contributed by atoms with E-state index in [1.807, 2.05) is 0 Å². The maximum Gasteiger partial charge on any atom is 0.418 e. The summed E-state index contributed by atoms with van der Waals surface area (Å²) in [5.41, 5.74) is -2.47. The zero-order valence-electron chi connectivity index (χ0n) is 24.1. The molecule has 244 valence electrons. The number of hydrogen-bond donors (Lipinski definition) is 2. The van der Waals surface area contributed by atoms with Gasteiger partial charge < -0.3 is 25.6 Å². The quantitative estimate of drug-likeness (QED) is 0.246. The lowest BCUT2D eigenvalue weighted by atomic mass is 9.79. The van der Waals surface area contributed by atoms with Crippen molar-refractivity contribution < 1.29 is 39.9 Å². The maximum absolute atomic E-state index is 16.4. The van der Waals surface area contributed by atoms with Crippen molar-refractivity contribution in [2.45, 2.75) is 50.4 Å². The number of hydrogen-bond acceptors (Lipinski definition) is 7. The molecule has 3 aliphatic heterocycles. The SMILES string of the molecule is CN1CCC(F)(F)[C@](C)(COc2nc(N3C[C@H]4CC[C@@H](C3)N4)c3cc(F)c(-c4c(F)c(N)cc(Cl)c4C(F)(F)F)c(F)c3n2)C1. The molecule has 3 aromatic rings. The van der Waals surface area contributed by atoms with Gasteiger partial charge in [-0.15, -0.1) is 0 Å².